The molecule has 6 rings (SSSR count). The van der Waals surface area contributed by atoms with Crippen LogP contribution in [0.3, 0.4) is 0 Å². The maximum atomic E-state index is 2.63. The monoisotopic (exact) mass is 441 g/mol. The van der Waals surface area contributed by atoms with E-state index in [9.17, 15) is 0 Å². The first-order chi connectivity index (χ1) is 16.7. The minimum atomic E-state index is 0.582. The van der Waals surface area contributed by atoms with Gasteiger partial charge in [-0.05, 0) is 84.4 Å². The number of benzene rings is 4. The lowest BCUT2D eigenvalue weighted by molar-refractivity contribution is 0.640. The van der Waals surface area contributed by atoms with Crippen molar-refractivity contribution in [2.45, 2.75) is 45.1 Å². The molecule has 1 aliphatic carbocycles. The molecule has 2 atom stereocenters. The summed E-state index contributed by atoms with van der Waals surface area (Å²) < 4.78 is 0. The molecular weight excluding hydrogens is 410 g/mol. The lowest BCUT2D eigenvalue weighted by Gasteiger charge is -2.27. The Morgan fingerprint density at radius 3 is 2.03 bits per heavy atom. The third kappa shape index (κ3) is 3.56. The van der Waals surface area contributed by atoms with Gasteiger partial charge in [-0.3, -0.25) is 0 Å². The van der Waals surface area contributed by atoms with E-state index >= 15 is 0 Å². The molecule has 4 aromatic rings. The van der Waals surface area contributed by atoms with E-state index in [-0.39, 0.29) is 0 Å². The van der Waals surface area contributed by atoms with Crippen LogP contribution < -0.4 is 4.90 Å². The van der Waals surface area contributed by atoms with Crippen molar-refractivity contribution >= 4 is 23.0 Å². The molecule has 1 fully saturated rings. The maximum absolute atomic E-state index is 2.63. The molecule has 2 aliphatic rings. The molecule has 4 aromatic carbocycles. The Morgan fingerprint density at radius 2 is 1.38 bits per heavy atom. The minimum Gasteiger partial charge on any atom is -0.338 e. The molecule has 0 spiro atoms. The highest BCUT2D eigenvalue weighted by atomic mass is 15.2. The molecule has 168 valence electrons. The number of fused-ring (bicyclic) bond motifs is 3. The minimum absolute atomic E-state index is 0.582. The Morgan fingerprint density at radius 1 is 0.735 bits per heavy atom. The van der Waals surface area contributed by atoms with Crippen molar-refractivity contribution in [3.05, 3.63) is 130 Å². The molecule has 34 heavy (non-hydrogen) atoms. The highest BCUT2D eigenvalue weighted by molar-refractivity contribution is 5.92. The summed E-state index contributed by atoms with van der Waals surface area (Å²) in [4.78, 5) is 2.63. The smallest absolute Gasteiger partial charge is 0.0452 e. The molecular formula is C33H31N. The largest absolute Gasteiger partial charge is 0.338 e. The third-order valence-electron chi connectivity index (χ3n) is 7.76. The second-order valence-corrected chi connectivity index (χ2v) is 9.81. The molecule has 1 heteroatoms. The van der Waals surface area contributed by atoms with E-state index in [0.717, 1.165) is 0 Å². The molecule has 0 amide bonds. The van der Waals surface area contributed by atoms with Crippen LogP contribution in [0, 0.1) is 13.8 Å². The van der Waals surface area contributed by atoms with Crippen LogP contribution in [0.1, 0.15) is 58.6 Å². The highest BCUT2D eigenvalue weighted by Gasteiger charge is 2.43. The number of hydrogen-bond donors (Lipinski definition) is 0. The Labute approximate surface area is 203 Å². The maximum Gasteiger partial charge on any atom is 0.0452 e. The molecule has 2 unspecified atom stereocenters. The van der Waals surface area contributed by atoms with Gasteiger partial charge in [0, 0.05) is 23.3 Å². The molecule has 1 saturated carbocycles. The van der Waals surface area contributed by atoms with Gasteiger partial charge in [0.05, 0.1) is 0 Å². The highest BCUT2D eigenvalue weighted by Crippen LogP contribution is 2.54. The van der Waals surface area contributed by atoms with Crippen LogP contribution in [-0.2, 0) is 0 Å². The van der Waals surface area contributed by atoms with Crippen LogP contribution in [0.4, 0.5) is 11.4 Å². The Kier molecular flexibility index (Phi) is 5.34. The van der Waals surface area contributed by atoms with Gasteiger partial charge in [-0.1, -0.05) is 90.8 Å². The second kappa shape index (κ2) is 8.65. The van der Waals surface area contributed by atoms with Crippen molar-refractivity contribution in [1.29, 1.82) is 0 Å². The summed E-state index contributed by atoms with van der Waals surface area (Å²) in [6, 6.07) is 35.9. The summed E-state index contributed by atoms with van der Waals surface area (Å²) >= 11 is 0. The van der Waals surface area contributed by atoms with E-state index in [1.165, 1.54) is 64.0 Å². The van der Waals surface area contributed by atoms with E-state index in [1.54, 1.807) is 5.56 Å². The standard InChI is InChI=1S/C33H31N/c1-23-16-19-28(20-17-23)34-31-15-9-14-29(31)33-24(2)27(18-21-32(33)34)22-30(25-10-5-3-6-11-25)26-12-7-4-8-13-26/h3-8,10-13,16-22,29,31H,9,14-15H2,1-2H3. The summed E-state index contributed by atoms with van der Waals surface area (Å²) in [5.74, 6) is 0.626. The van der Waals surface area contributed by atoms with Crippen LogP contribution in [0.25, 0.3) is 11.6 Å². The van der Waals surface area contributed by atoms with Gasteiger partial charge in [0.1, 0.15) is 0 Å². The second-order valence-electron chi connectivity index (χ2n) is 9.81. The van der Waals surface area contributed by atoms with Gasteiger partial charge in [0.25, 0.3) is 0 Å². The number of nitrogens with zero attached hydrogens (tertiary/aromatic N) is 1. The van der Waals surface area contributed by atoms with E-state index in [2.05, 4.69) is 122 Å². The van der Waals surface area contributed by atoms with Gasteiger partial charge in [-0.25, -0.2) is 0 Å². The average molecular weight is 442 g/mol. The topological polar surface area (TPSA) is 3.24 Å². The SMILES string of the molecule is Cc1ccc(N2c3ccc(C=C(c4ccccc4)c4ccccc4)c(C)c3C3CCCC32)cc1. The molecule has 0 saturated heterocycles. The van der Waals surface area contributed by atoms with Crippen molar-refractivity contribution in [2.75, 3.05) is 4.90 Å². The van der Waals surface area contributed by atoms with Gasteiger partial charge in [-0.2, -0.15) is 0 Å². The van der Waals surface area contributed by atoms with Gasteiger partial charge < -0.3 is 4.90 Å². The van der Waals surface area contributed by atoms with Crippen molar-refractivity contribution in [3.63, 3.8) is 0 Å². The fourth-order valence-corrected chi connectivity index (χ4v) is 6.09. The van der Waals surface area contributed by atoms with Gasteiger partial charge in [0.15, 0.2) is 0 Å². The normalized spacial score (nSPS) is 18.5. The summed E-state index contributed by atoms with van der Waals surface area (Å²) in [7, 11) is 0. The predicted molar refractivity (Wildman–Crippen MR) is 145 cm³/mol. The van der Waals surface area contributed by atoms with Crippen LogP contribution in [0.2, 0.25) is 0 Å². The van der Waals surface area contributed by atoms with E-state index in [4.69, 9.17) is 0 Å². The molecule has 0 bridgehead atoms. The number of anilines is 2. The first-order valence-corrected chi connectivity index (χ1v) is 12.5. The van der Waals surface area contributed by atoms with E-state index in [0.29, 0.717) is 12.0 Å². The fraction of sp³-hybridized carbons (Fsp3) is 0.212. The molecule has 0 aromatic heterocycles. The van der Waals surface area contributed by atoms with E-state index < -0.39 is 0 Å². The fourth-order valence-electron chi connectivity index (χ4n) is 6.09. The lowest BCUT2D eigenvalue weighted by atomic mass is 9.88. The molecule has 1 nitrogen and oxygen atoms in total. The molecule has 0 radical (unpaired) electrons. The average Bonchev–Trinajstić information content (AvgIpc) is 3.46. The first kappa shape index (κ1) is 21.0. The Balaban J connectivity index is 1.49. The zero-order chi connectivity index (χ0) is 23.1. The van der Waals surface area contributed by atoms with Crippen molar-refractivity contribution in [3.8, 4) is 0 Å². The van der Waals surface area contributed by atoms with Gasteiger partial charge >= 0.3 is 0 Å². The van der Waals surface area contributed by atoms with Crippen LogP contribution in [0.15, 0.2) is 97.1 Å². The number of rotatable bonds is 4. The Bertz CT molecular complexity index is 1290. The van der Waals surface area contributed by atoms with Crippen LogP contribution in [-0.4, -0.2) is 6.04 Å². The zero-order valence-electron chi connectivity index (χ0n) is 20.0. The molecule has 1 heterocycles. The summed E-state index contributed by atoms with van der Waals surface area (Å²) in [6.07, 6.45) is 6.28. The van der Waals surface area contributed by atoms with Crippen molar-refractivity contribution < 1.29 is 0 Å². The summed E-state index contributed by atoms with van der Waals surface area (Å²) in [6.45, 7) is 4.51. The van der Waals surface area contributed by atoms with Crippen LogP contribution in [0.5, 0.6) is 0 Å². The third-order valence-corrected chi connectivity index (χ3v) is 7.76. The molecule has 0 N–H and O–H groups in total. The van der Waals surface area contributed by atoms with Crippen LogP contribution >= 0.6 is 0 Å². The number of hydrogen-bond acceptors (Lipinski definition) is 1. The quantitative estimate of drug-likeness (QED) is 0.286. The Hall–Kier alpha value is -3.58. The van der Waals surface area contributed by atoms with Crippen molar-refractivity contribution in [2.24, 2.45) is 0 Å². The summed E-state index contributed by atoms with van der Waals surface area (Å²) in [5, 5.41) is 0. The van der Waals surface area contributed by atoms with Gasteiger partial charge in [0.2, 0.25) is 0 Å². The van der Waals surface area contributed by atoms with Gasteiger partial charge in [-0.15, -0.1) is 0 Å². The lowest BCUT2D eigenvalue weighted by Crippen LogP contribution is -2.26. The van der Waals surface area contributed by atoms with Crippen molar-refractivity contribution in [1.82, 2.24) is 0 Å². The predicted octanol–water partition coefficient (Wildman–Crippen LogP) is 8.68. The zero-order valence-corrected chi connectivity index (χ0v) is 20.0. The first-order valence-electron chi connectivity index (χ1n) is 12.5. The number of aryl methyl sites for hydroxylation is 1. The van der Waals surface area contributed by atoms with E-state index in [1.807, 2.05) is 0 Å². The molecule has 1 aliphatic heterocycles. The summed E-state index contributed by atoms with van der Waals surface area (Å²) in [5.41, 5.74) is 12.2.